The number of halogens is 2. The van der Waals surface area contributed by atoms with Crippen LogP contribution >= 0.6 is 23.2 Å². The molecule has 7 heteroatoms. The van der Waals surface area contributed by atoms with Crippen molar-refractivity contribution in [3.05, 3.63) is 51.5 Å². The summed E-state index contributed by atoms with van der Waals surface area (Å²) in [4.78, 5) is 14.1. The van der Waals surface area contributed by atoms with Crippen LogP contribution < -0.4 is 14.2 Å². The lowest BCUT2D eigenvalue weighted by Crippen LogP contribution is -2.26. The number of amides is 1. The van der Waals surface area contributed by atoms with E-state index in [0.29, 0.717) is 46.7 Å². The maximum atomic E-state index is 12.5. The number of benzene rings is 2. The van der Waals surface area contributed by atoms with Crippen LogP contribution in [0.5, 0.6) is 17.2 Å². The van der Waals surface area contributed by atoms with Gasteiger partial charge in [-0.15, -0.1) is 0 Å². The number of hydrogen-bond acceptors (Lipinski definition) is 4. The van der Waals surface area contributed by atoms with Crippen LogP contribution in [0, 0.1) is 0 Å². The minimum absolute atomic E-state index is 0.00904. The van der Waals surface area contributed by atoms with Crippen molar-refractivity contribution in [1.82, 2.24) is 4.90 Å². The van der Waals surface area contributed by atoms with E-state index in [1.165, 1.54) is 0 Å². The zero-order valence-corrected chi connectivity index (χ0v) is 17.4. The molecule has 0 N–H and O–H groups in total. The van der Waals surface area contributed by atoms with Crippen molar-refractivity contribution < 1.29 is 19.0 Å². The molecule has 0 radical (unpaired) electrons. The van der Waals surface area contributed by atoms with Crippen molar-refractivity contribution in [3.8, 4) is 17.2 Å². The highest BCUT2D eigenvalue weighted by Crippen LogP contribution is 2.38. The third-order valence-electron chi connectivity index (χ3n) is 4.20. The Balaban J connectivity index is 2.04. The molecule has 2 aromatic rings. The molecular formula is C20H23Cl2NO4. The molecular weight excluding hydrogens is 389 g/mol. The van der Waals surface area contributed by atoms with Crippen LogP contribution in [-0.4, -0.2) is 39.2 Å². The zero-order chi connectivity index (χ0) is 20.0. The lowest BCUT2D eigenvalue weighted by Gasteiger charge is -2.19. The average molecular weight is 412 g/mol. The van der Waals surface area contributed by atoms with Crippen LogP contribution in [0.25, 0.3) is 0 Å². The number of ether oxygens (including phenoxy) is 3. The Morgan fingerprint density at radius 1 is 1.00 bits per heavy atom. The maximum Gasteiger partial charge on any atom is 0.222 e. The first-order valence-corrected chi connectivity index (χ1v) is 9.12. The lowest BCUT2D eigenvalue weighted by molar-refractivity contribution is -0.130. The van der Waals surface area contributed by atoms with Gasteiger partial charge in [0.1, 0.15) is 0 Å². The quantitative estimate of drug-likeness (QED) is 0.636. The monoisotopic (exact) mass is 411 g/mol. The van der Waals surface area contributed by atoms with Crippen molar-refractivity contribution in [1.29, 1.82) is 0 Å². The van der Waals surface area contributed by atoms with Gasteiger partial charge in [-0.25, -0.2) is 0 Å². The Bertz CT molecular complexity index is 786. The predicted molar refractivity (Wildman–Crippen MR) is 107 cm³/mol. The average Bonchev–Trinajstić information content (AvgIpc) is 2.66. The molecule has 0 aliphatic heterocycles. The second-order valence-corrected chi connectivity index (χ2v) is 6.86. The van der Waals surface area contributed by atoms with Gasteiger partial charge in [0.05, 0.1) is 21.3 Å². The van der Waals surface area contributed by atoms with Crippen LogP contribution in [-0.2, 0) is 17.8 Å². The molecule has 0 fully saturated rings. The molecule has 0 aliphatic rings. The molecule has 5 nitrogen and oxygen atoms in total. The number of rotatable bonds is 8. The van der Waals surface area contributed by atoms with Crippen molar-refractivity contribution in [2.75, 3.05) is 28.4 Å². The van der Waals surface area contributed by atoms with E-state index in [1.807, 2.05) is 18.2 Å². The van der Waals surface area contributed by atoms with Gasteiger partial charge in [0, 0.05) is 30.1 Å². The summed E-state index contributed by atoms with van der Waals surface area (Å²) in [7, 11) is 6.44. The Kier molecular flexibility index (Phi) is 7.63. The molecule has 0 heterocycles. The van der Waals surface area contributed by atoms with E-state index < -0.39 is 0 Å². The standard InChI is InChI=1S/C20H23Cl2NO4/c1-23(12-14-6-7-15(21)11-16(14)22)19(24)8-5-13-9-17(25-2)20(27-4)18(10-13)26-3/h6-7,9-11H,5,8,12H2,1-4H3. The van der Waals surface area contributed by atoms with Gasteiger partial charge < -0.3 is 19.1 Å². The van der Waals surface area contributed by atoms with E-state index in [0.717, 1.165) is 11.1 Å². The topological polar surface area (TPSA) is 48.0 Å². The van der Waals surface area contributed by atoms with Crippen molar-refractivity contribution in [3.63, 3.8) is 0 Å². The molecule has 2 aromatic carbocycles. The molecule has 27 heavy (non-hydrogen) atoms. The SMILES string of the molecule is COc1cc(CCC(=O)N(C)Cc2ccc(Cl)cc2Cl)cc(OC)c1OC. The summed E-state index contributed by atoms with van der Waals surface area (Å²) in [5.74, 6) is 1.68. The highest BCUT2D eigenvalue weighted by atomic mass is 35.5. The van der Waals surface area contributed by atoms with Crippen LogP contribution in [0.2, 0.25) is 10.0 Å². The summed E-state index contributed by atoms with van der Waals surface area (Å²) in [5, 5.41) is 1.12. The summed E-state index contributed by atoms with van der Waals surface area (Å²) >= 11 is 12.1. The van der Waals surface area contributed by atoms with E-state index in [2.05, 4.69) is 0 Å². The number of hydrogen-bond donors (Lipinski definition) is 0. The highest BCUT2D eigenvalue weighted by molar-refractivity contribution is 6.35. The van der Waals surface area contributed by atoms with Crippen molar-refractivity contribution >= 4 is 29.1 Å². The van der Waals surface area contributed by atoms with Gasteiger partial charge in [-0.2, -0.15) is 0 Å². The molecule has 0 spiro atoms. The molecule has 0 atom stereocenters. The predicted octanol–water partition coefficient (Wildman–Crippen LogP) is 4.61. The van der Waals surface area contributed by atoms with Gasteiger partial charge in [-0.1, -0.05) is 29.3 Å². The number of carbonyl (C=O) groups excluding carboxylic acids is 1. The molecule has 0 saturated carbocycles. The van der Waals surface area contributed by atoms with Crippen molar-refractivity contribution in [2.45, 2.75) is 19.4 Å². The Morgan fingerprint density at radius 3 is 2.15 bits per heavy atom. The molecule has 0 saturated heterocycles. The summed E-state index contributed by atoms with van der Waals surface area (Å²) < 4.78 is 16.0. The van der Waals surface area contributed by atoms with E-state index in [1.54, 1.807) is 45.4 Å². The molecule has 0 aromatic heterocycles. The zero-order valence-electron chi connectivity index (χ0n) is 15.8. The third-order valence-corrected chi connectivity index (χ3v) is 4.79. The minimum Gasteiger partial charge on any atom is -0.493 e. The van der Waals surface area contributed by atoms with Crippen molar-refractivity contribution in [2.24, 2.45) is 0 Å². The lowest BCUT2D eigenvalue weighted by atomic mass is 10.1. The van der Waals surface area contributed by atoms with Crippen LogP contribution in [0.3, 0.4) is 0 Å². The summed E-state index contributed by atoms with van der Waals surface area (Å²) in [6, 6.07) is 8.96. The van der Waals surface area contributed by atoms with Crippen LogP contribution in [0.4, 0.5) is 0 Å². The van der Waals surface area contributed by atoms with Gasteiger partial charge in [0.15, 0.2) is 11.5 Å². The summed E-state index contributed by atoms with van der Waals surface area (Å²) in [5.41, 5.74) is 1.78. The molecule has 146 valence electrons. The Hall–Kier alpha value is -2.11. The fourth-order valence-electron chi connectivity index (χ4n) is 2.72. The minimum atomic E-state index is 0.00904. The normalized spacial score (nSPS) is 10.4. The van der Waals surface area contributed by atoms with Gasteiger partial charge in [0.2, 0.25) is 11.7 Å². The first-order chi connectivity index (χ1) is 12.9. The van der Waals surface area contributed by atoms with E-state index in [9.17, 15) is 4.79 Å². The smallest absolute Gasteiger partial charge is 0.222 e. The van der Waals surface area contributed by atoms with Crippen LogP contribution in [0.15, 0.2) is 30.3 Å². The van der Waals surface area contributed by atoms with Crippen LogP contribution in [0.1, 0.15) is 17.5 Å². The second kappa shape index (κ2) is 9.72. The fourth-order valence-corrected chi connectivity index (χ4v) is 3.18. The number of carbonyl (C=O) groups is 1. The van der Waals surface area contributed by atoms with E-state index in [-0.39, 0.29) is 5.91 Å². The first kappa shape index (κ1) is 21.2. The fraction of sp³-hybridized carbons (Fsp3) is 0.350. The van der Waals surface area contributed by atoms with E-state index in [4.69, 9.17) is 37.4 Å². The Morgan fingerprint density at radius 2 is 1.63 bits per heavy atom. The molecule has 1 amide bonds. The first-order valence-electron chi connectivity index (χ1n) is 8.36. The third kappa shape index (κ3) is 5.44. The van der Waals surface area contributed by atoms with Gasteiger partial charge in [-0.3, -0.25) is 4.79 Å². The number of methoxy groups -OCH3 is 3. The van der Waals surface area contributed by atoms with Gasteiger partial charge >= 0.3 is 0 Å². The molecule has 0 aliphatic carbocycles. The maximum absolute atomic E-state index is 12.5. The van der Waals surface area contributed by atoms with Gasteiger partial charge in [-0.05, 0) is 41.8 Å². The summed E-state index contributed by atoms with van der Waals surface area (Å²) in [6.45, 7) is 0.421. The molecule has 0 bridgehead atoms. The molecule has 0 unspecified atom stereocenters. The largest absolute Gasteiger partial charge is 0.493 e. The Labute approximate surface area is 169 Å². The summed E-state index contributed by atoms with van der Waals surface area (Å²) in [6.07, 6.45) is 0.897. The second-order valence-electron chi connectivity index (χ2n) is 6.02. The number of nitrogens with zero attached hydrogens (tertiary/aromatic N) is 1. The highest BCUT2D eigenvalue weighted by Gasteiger charge is 2.15. The molecule has 2 rings (SSSR count). The van der Waals surface area contributed by atoms with E-state index >= 15 is 0 Å². The number of aryl methyl sites for hydroxylation is 1. The van der Waals surface area contributed by atoms with Gasteiger partial charge in [0.25, 0.3) is 0 Å².